The number of carbonyl (C=O) groups excluding carboxylic acids is 2. The molecule has 0 spiro atoms. The Labute approximate surface area is 187 Å². The maximum atomic E-state index is 12.3. The number of nitrogens with one attached hydrogen (secondary N) is 2. The number of hydrogen-bond acceptors (Lipinski definition) is 6. The number of nitro benzene ring substituents is 1. The van der Waals surface area contributed by atoms with E-state index in [-0.39, 0.29) is 17.0 Å². The van der Waals surface area contributed by atoms with E-state index in [4.69, 9.17) is 0 Å². The van der Waals surface area contributed by atoms with E-state index in [9.17, 15) is 24.8 Å². The summed E-state index contributed by atoms with van der Waals surface area (Å²) < 4.78 is 0.378. The Bertz CT molecular complexity index is 994. The van der Waals surface area contributed by atoms with Gasteiger partial charge in [0, 0.05) is 33.8 Å². The lowest BCUT2D eigenvalue weighted by molar-refractivity contribution is -0.385. The van der Waals surface area contributed by atoms with E-state index in [2.05, 4.69) is 38.7 Å². The Hall–Kier alpha value is -3.27. The van der Waals surface area contributed by atoms with Gasteiger partial charge in [-0.1, -0.05) is 48.2 Å². The number of phenols is 1. The summed E-state index contributed by atoms with van der Waals surface area (Å²) in [6, 6.07) is 8.99. The molecule has 0 saturated carbocycles. The lowest BCUT2D eigenvalue weighted by Gasteiger charge is -2.07. The van der Waals surface area contributed by atoms with Crippen LogP contribution in [0, 0.1) is 10.1 Å². The first-order valence-corrected chi connectivity index (χ1v) is 10.5. The molecule has 0 radical (unpaired) electrons. The molecule has 0 saturated heterocycles. The Morgan fingerprint density at radius 1 is 1.23 bits per heavy atom. The smallest absolute Gasteiger partial charge is 0.312 e. The minimum Gasteiger partial charge on any atom is -0.502 e. The van der Waals surface area contributed by atoms with Crippen molar-refractivity contribution in [2.75, 3.05) is 5.32 Å². The van der Waals surface area contributed by atoms with Crippen molar-refractivity contribution in [3.05, 3.63) is 62.1 Å². The third-order valence-electron chi connectivity index (χ3n) is 4.32. The molecule has 2 rings (SSSR count). The van der Waals surface area contributed by atoms with Gasteiger partial charge < -0.3 is 10.4 Å². The number of phenolic OH excluding ortho intramolecular Hbond substituents is 1. The van der Waals surface area contributed by atoms with E-state index in [1.165, 1.54) is 12.1 Å². The number of anilines is 1. The number of unbranched alkanes of at least 4 members (excludes halogenated alkanes) is 3. The summed E-state index contributed by atoms with van der Waals surface area (Å²) in [7, 11) is 0. The van der Waals surface area contributed by atoms with Gasteiger partial charge in [0.15, 0.2) is 0 Å². The Balaban J connectivity index is 2.00. The molecule has 0 heterocycles. The highest BCUT2D eigenvalue weighted by Gasteiger charge is 2.17. The summed E-state index contributed by atoms with van der Waals surface area (Å²) in [6.45, 7) is 2.10. The molecule has 0 aromatic heterocycles. The van der Waals surface area contributed by atoms with E-state index in [1.807, 2.05) is 0 Å². The first-order valence-electron chi connectivity index (χ1n) is 9.72. The van der Waals surface area contributed by atoms with Gasteiger partial charge in [-0.25, -0.2) is 5.43 Å². The van der Waals surface area contributed by atoms with Crippen molar-refractivity contribution in [3.63, 3.8) is 0 Å². The van der Waals surface area contributed by atoms with Gasteiger partial charge >= 0.3 is 5.69 Å². The van der Waals surface area contributed by atoms with Crippen LogP contribution in [0.25, 0.3) is 0 Å². The highest BCUT2D eigenvalue weighted by Crippen LogP contribution is 2.32. The topological polar surface area (TPSA) is 134 Å². The fourth-order valence-electron chi connectivity index (χ4n) is 2.74. The summed E-state index contributed by atoms with van der Waals surface area (Å²) in [5.74, 6) is -1.22. The molecule has 2 aromatic carbocycles. The van der Waals surface area contributed by atoms with E-state index in [0.29, 0.717) is 16.6 Å². The zero-order valence-corrected chi connectivity index (χ0v) is 18.5. The molecule has 31 heavy (non-hydrogen) atoms. The molecule has 2 amide bonds. The van der Waals surface area contributed by atoms with Crippen molar-refractivity contribution in [3.8, 4) is 5.75 Å². The maximum absolute atomic E-state index is 12.3. The highest BCUT2D eigenvalue weighted by atomic mass is 79.9. The van der Waals surface area contributed by atoms with Gasteiger partial charge in [-0.3, -0.25) is 19.7 Å². The minimum absolute atomic E-state index is 0.0606. The van der Waals surface area contributed by atoms with Gasteiger partial charge in [0.25, 0.3) is 5.91 Å². The molecule has 164 valence electrons. The number of nitro groups is 1. The molecule has 0 unspecified atom stereocenters. The largest absolute Gasteiger partial charge is 0.502 e. The number of rotatable bonds is 10. The maximum Gasteiger partial charge on any atom is 0.312 e. The number of hydrazone groups is 1. The molecule has 0 atom stereocenters. The van der Waals surface area contributed by atoms with E-state index < -0.39 is 22.3 Å². The van der Waals surface area contributed by atoms with Gasteiger partial charge in [-0.15, -0.1) is 0 Å². The van der Waals surface area contributed by atoms with Crippen LogP contribution in [0.4, 0.5) is 11.4 Å². The van der Waals surface area contributed by atoms with Crippen LogP contribution >= 0.6 is 15.9 Å². The lowest BCUT2D eigenvalue weighted by atomic mass is 10.1. The second-order valence-corrected chi connectivity index (χ2v) is 7.67. The molecule has 0 bridgehead atoms. The van der Waals surface area contributed by atoms with Crippen molar-refractivity contribution < 1.29 is 19.6 Å². The van der Waals surface area contributed by atoms with E-state index in [1.54, 1.807) is 18.2 Å². The fraction of sp³-hybridized carbons (Fsp3) is 0.286. The van der Waals surface area contributed by atoms with Gasteiger partial charge in [0.05, 0.1) is 11.1 Å². The van der Waals surface area contributed by atoms with Crippen molar-refractivity contribution in [1.82, 2.24) is 5.43 Å². The lowest BCUT2D eigenvalue weighted by Crippen LogP contribution is -2.18. The van der Waals surface area contributed by atoms with Gasteiger partial charge in [0.1, 0.15) is 0 Å². The predicted molar refractivity (Wildman–Crippen MR) is 121 cm³/mol. The second-order valence-electron chi connectivity index (χ2n) is 6.76. The van der Waals surface area contributed by atoms with E-state index in [0.717, 1.165) is 38.0 Å². The molecule has 9 nitrogen and oxygen atoms in total. The first kappa shape index (κ1) is 24.0. The van der Waals surface area contributed by atoms with Crippen molar-refractivity contribution in [2.24, 2.45) is 5.10 Å². The molecular formula is C21H23BrN4O5. The first-order chi connectivity index (χ1) is 14.8. The third-order valence-corrected chi connectivity index (χ3v) is 4.77. The second kappa shape index (κ2) is 11.8. The number of benzene rings is 2. The molecule has 10 heteroatoms. The molecule has 2 aromatic rings. The van der Waals surface area contributed by atoms with Crippen LogP contribution in [0.3, 0.4) is 0 Å². The number of hydrogen-bond donors (Lipinski definition) is 3. The molecule has 0 fully saturated rings. The van der Waals surface area contributed by atoms with Crippen LogP contribution < -0.4 is 10.7 Å². The van der Waals surface area contributed by atoms with Crippen LogP contribution in [0.2, 0.25) is 0 Å². The molecule has 0 aliphatic heterocycles. The summed E-state index contributed by atoms with van der Waals surface area (Å²) >= 11 is 3.12. The monoisotopic (exact) mass is 490 g/mol. The number of nitrogens with zero attached hydrogens (tertiary/aromatic N) is 2. The standard InChI is InChI=1S/C21H23BrN4O5/c1-2-3-4-5-9-19(27)24-17-8-6-7-14(11-17)21(29)25-23-13-15-10-16(22)12-18(20(15)28)26(30)31/h6-8,10-13,28H,2-5,9H2,1H3,(H,24,27)(H,25,29)/b23-13+. The van der Waals surface area contributed by atoms with Crippen LogP contribution in [0.1, 0.15) is 54.9 Å². The summed E-state index contributed by atoms with van der Waals surface area (Å²) in [5, 5.41) is 27.5. The Morgan fingerprint density at radius 3 is 2.71 bits per heavy atom. The number of aromatic hydroxyl groups is 1. The average Bonchev–Trinajstić information content (AvgIpc) is 2.73. The fourth-order valence-corrected chi connectivity index (χ4v) is 3.21. The van der Waals surface area contributed by atoms with Crippen LogP contribution in [0.5, 0.6) is 5.75 Å². The molecule has 0 aliphatic rings. The van der Waals surface area contributed by atoms with Gasteiger partial charge in [0.2, 0.25) is 11.7 Å². The molecule has 3 N–H and O–H groups in total. The minimum atomic E-state index is -0.723. The average molecular weight is 491 g/mol. The molecular weight excluding hydrogens is 468 g/mol. The highest BCUT2D eigenvalue weighted by molar-refractivity contribution is 9.10. The van der Waals surface area contributed by atoms with Crippen LogP contribution in [-0.2, 0) is 4.79 Å². The van der Waals surface area contributed by atoms with Gasteiger partial charge in [-0.05, 0) is 30.7 Å². The van der Waals surface area contributed by atoms with Gasteiger partial charge in [-0.2, -0.15) is 5.10 Å². The SMILES string of the molecule is CCCCCCC(=O)Nc1cccc(C(=O)N/N=C/c2cc(Br)cc([N+](=O)[O-])c2O)c1. The zero-order chi connectivity index (χ0) is 22.8. The van der Waals surface area contributed by atoms with Crippen LogP contribution in [-0.4, -0.2) is 28.1 Å². The quantitative estimate of drug-likeness (QED) is 0.191. The van der Waals surface area contributed by atoms with Crippen LogP contribution in [0.15, 0.2) is 46.0 Å². The normalized spacial score (nSPS) is 10.8. The third kappa shape index (κ3) is 7.49. The number of halogens is 1. The Kier molecular flexibility index (Phi) is 9.13. The predicted octanol–water partition coefficient (Wildman–Crippen LogP) is 4.74. The summed E-state index contributed by atoms with van der Waals surface area (Å²) in [5.41, 5.74) is 2.63. The zero-order valence-electron chi connectivity index (χ0n) is 16.9. The molecule has 0 aliphatic carbocycles. The number of amides is 2. The Morgan fingerprint density at radius 2 is 2.00 bits per heavy atom. The summed E-state index contributed by atoms with van der Waals surface area (Å²) in [4.78, 5) is 34.6. The van der Waals surface area contributed by atoms with Crippen molar-refractivity contribution in [1.29, 1.82) is 0 Å². The van der Waals surface area contributed by atoms with E-state index >= 15 is 0 Å². The van der Waals surface area contributed by atoms with Crippen molar-refractivity contribution in [2.45, 2.75) is 39.0 Å². The summed E-state index contributed by atoms with van der Waals surface area (Å²) in [6.07, 6.45) is 5.53. The van der Waals surface area contributed by atoms with Crippen molar-refractivity contribution >= 4 is 45.3 Å². The number of carbonyl (C=O) groups is 2.